The number of ether oxygens (including phenoxy) is 1. The summed E-state index contributed by atoms with van der Waals surface area (Å²) in [5.41, 5.74) is -0.297. The average Bonchev–Trinajstić information content (AvgIpc) is 3.10. The molecule has 1 aromatic heterocycles. The molecule has 3 atom stereocenters. The molecular weight excluding hydrogens is 364 g/mol. The zero-order chi connectivity index (χ0) is 20.8. The summed E-state index contributed by atoms with van der Waals surface area (Å²) in [5.74, 6) is 0.789. The van der Waals surface area contributed by atoms with Gasteiger partial charge in [-0.15, -0.1) is 0 Å². The van der Waals surface area contributed by atoms with Crippen LogP contribution >= 0.6 is 0 Å². The molecule has 0 spiro atoms. The highest BCUT2D eigenvalue weighted by Gasteiger charge is 2.52. The quantitative estimate of drug-likeness (QED) is 0.618. The van der Waals surface area contributed by atoms with Crippen LogP contribution in [0.5, 0.6) is 5.88 Å². The second kappa shape index (κ2) is 7.10. The second-order valence-corrected chi connectivity index (χ2v) is 8.96. The highest BCUT2D eigenvalue weighted by Crippen LogP contribution is 2.43. The first-order chi connectivity index (χ1) is 13.0. The second-order valence-electron chi connectivity index (χ2n) is 8.96. The van der Waals surface area contributed by atoms with Crippen molar-refractivity contribution < 1.29 is 19.6 Å². The van der Waals surface area contributed by atoms with Crippen molar-refractivity contribution in [2.24, 2.45) is 11.3 Å². The van der Waals surface area contributed by atoms with E-state index in [1.54, 1.807) is 24.8 Å². The smallest absolute Gasteiger partial charge is 0.407 e. The number of carboxylic acid groups (broad SMARTS) is 1. The molecule has 2 aliphatic heterocycles. The van der Waals surface area contributed by atoms with E-state index in [4.69, 9.17) is 4.74 Å². The fourth-order valence-corrected chi connectivity index (χ4v) is 4.31. The number of aromatic nitrogens is 1. The zero-order valence-electron chi connectivity index (χ0n) is 17.0. The van der Waals surface area contributed by atoms with Crippen molar-refractivity contribution in [1.82, 2.24) is 9.88 Å². The Morgan fingerprint density at radius 2 is 2.04 bits per heavy atom. The van der Waals surface area contributed by atoms with Crippen molar-refractivity contribution in [3.8, 4) is 5.88 Å². The van der Waals surface area contributed by atoms with Gasteiger partial charge in [-0.25, -0.2) is 4.79 Å². The summed E-state index contributed by atoms with van der Waals surface area (Å²) in [4.78, 5) is 30.7. The SMILES string of the molecule is CC(C)Oc1nc(N2C[C@@H]3CC(C(C)(C)C)N(C(=O)O)[C@@H]3C2)ccc1[N+](=O)[O-]. The minimum atomic E-state index is -0.894. The Hall–Kier alpha value is -2.58. The van der Waals surface area contributed by atoms with Crippen LogP contribution in [0, 0.1) is 21.4 Å². The molecule has 154 valence electrons. The molecule has 3 rings (SSSR count). The number of pyridine rings is 1. The van der Waals surface area contributed by atoms with Crippen LogP contribution < -0.4 is 9.64 Å². The Morgan fingerprint density at radius 3 is 2.57 bits per heavy atom. The molecule has 1 N–H and O–H groups in total. The number of anilines is 1. The largest absolute Gasteiger partial charge is 0.470 e. The van der Waals surface area contributed by atoms with Crippen molar-refractivity contribution in [2.75, 3.05) is 18.0 Å². The van der Waals surface area contributed by atoms with Crippen molar-refractivity contribution in [3.63, 3.8) is 0 Å². The summed E-state index contributed by atoms with van der Waals surface area (Å²) >= 11 is 0. The van der Waals surface area contributed by atoms with Gasteiger partial charge in [0.2, 0.25) is 0 Å². The summed E-state index contributed by atoms with van der Waals surface area (Å²) in [6, 6.07) is 2.89. The minimum absolute atomic E-state index is 0.00258. The van der Waals surface area contributed by atoms with Gasteiger partial charge < -0.3 is 14.7 Å². The predicted molar refractivity (Wildman–Crippen MR) is 104 cm³/mol. The number of hydrogen-bond donors (Lipinski definition) is 1. The Balaban J connectivity index is 1.85. The van der Waals surface area contributed by atoms with Gasteiger partial charge in [0.15, 0.2) is 0 Å². The molecule has 2 aliphatic rings. The Bertz CT molecular complexity index is 776. The lowest BCUT2D eigenvalue weighted by Gasteiger charge is -2.36. The number of carbonyl (C=O) groups is 1. The Morgan fingerprint density at radius 1 is 1.36 bits per heavy atom. The third kappa shape index (κ3) is 3.70. The summed E-state index contributed by atoms with van der Waals surface area (Å²) in [7, 11) is 0. The highest BCUT2D eigenvalue weighted by molar-refractivity contribution is 5.67. The fourth-order valence-electron chi connectivity index (χ4n) is 4.31. The van der Waals surface area contributed by atoms with Crippen LogP contribution in [0.15, 0.2) is 12.1 Å². The summed E-state index contributed by atoms with van der Waals surface area (Å²) < 4.78 is 5.54. The summed E-state index contributed by atoms with van der Waals surface area (Å²) in [5, 5.41) is 21.0. The Kier molecular flexibility index (Phi) is 5.12. The average molecular weight is 392 g/mol. The molecule has 9 nitrogen and oxygen atoms in total. The van der Waals surface area contributed by atoms with E-state index in [1.807, 2.05) is 4.90 Å². The van der Waals surface area contributed by atoms with E-state index in [0.717, 1.165) is 6.42 Å². The van der Waals surface area contributed by atoms with Gasteiger partial charge in [-0.3, -0.25) is 15.0 Å². The standard InChI is InChI=1S/C19H28N4O5/c1-11(2)28-17-13(23(26)27)6-7-16(20-17)21-9-12-8-15(19(3,4)5)22(18(24)25)14(12)10-21/h6-7,11-12,14-15H,8-10H2,1-5H3,(H,24,25)/t12-,14+,15?/m0/s1. The molecule has 0 radical (unpaired) electrons. The third-order valence-electron chi connectivity index (χ3n) is 5.54. The lowest BCUT2D eigenvalue weighted by Crippen LogP contribution is -2.48. The van der Waals surface area contributed by atoms with Gasteiger partial charge in [0.1, 0.15) is 5.82 Å². The number of amides is 1. The first-order valence-corrected chi connectivity index (χ1v) is 9.57. The first-order valence-electron chi connectivity index (χ1n) is 9.57. The molecule has 2 fully saturated rings. The fraction of sp³-hybridized carbons (Fsp3) is 0.684. The van der Waals surface area contributed by atoms with Crippen LogP contribution in [-0.4, -0.2) is 57.3 Å². The van der Waals surface area contributed by atoms with E-state index in [-0.39, 0.29) is 41.1 Å². The third-order valence-corrected chi connectivity index (χ3v) is 5.54. The van der Waals surface area contributed by atoms with E-state index in [2.05, 4.69) is 25.8 Å². The maximum atomic E-state index is 11.9. The molecule has 9 heteroatoms. The Labute approximate surface area is 164 Å². The maximum absolute atomic E-state index is 11.9. The van der Waals surface area contributed by atoms with Crippen LogP contribution in [0.4, 0.5) is 16.3 Å². The van der Waals surface area contributed by atoms with Crippen molar-refractivity contribution in [1.29, 1.82) is 0 Å². The van der Waals surface area contributed by atoms with Crippen LogP contribution in [0.1, 0.15) is 41.0 Å². The molecule has 0 bridgehead atoms. The van der Waals surface area contributed by atoms with Gasteiger partial charge >= 0.3 is 11.8 Å². The molecule has 2 saturated heterocycles. The molecule has 0 aromatic carbocycles. The summed E-state index contributed by atoms with van der Waals surface area (Å²) in [6.45, 7) is 11.0. The topological polar surface area (TPSA) is 109 Å². The highest BCUT2D eigenvalue weighted by atomic mass is 16.6. The molecule has 1 unspecified atom stereocenters. The van der Waals surface area contributed by atoms with Gasteiger partial charge in [-0.2, -0.15) is 4.98 Å². The van der Waals surface area contributed by atoms with E-state index in [9.17, 15) is 20.0 Å². The van der Waals surface area contributed by atoms with Gasteiger partial charge in [0.25, 0.3) is 5.88 Å². The van der Waals surface area contributed by atoms with Gasteiger partial charge in [0.05, 0.1) is 17.1 Å². The van der Waals surface area contributed by atoms with E-state index < -0.39 is 11.0 Å². The maximum Gasteiger partial charge on any atom is 0.407 e. The van der Waals surface area contributed by atoms with E-state index in [1.165, 1.54) is 6.07 Å². The lowest BCUT2D eigenvalue weighted by atomic mass is 9.84. The van der Waals surface area contributed by atoms with Crippen molar-refractivity contribution >= 4 is 17.6 Å². The molecule has 28 heavy (non-hydrogen) atoms. The van der Waals surface area contributed by atoms with Crippen LogP contribution in [0.25, 0.3) is 0 Å². The van der Waals surface area contributed by atoms with Crippen molar-refractivity contribution in [2.45, 2.75) is 59.2 Å². The van der Waals surface area contributed by atoms with Gasteiger partial charge in [-0.05, 0) is 31.7 Å². The number of nitro groups is 1. The number of nitrogens with zero attached hydrogens (tertiary/aromatic N) is 4. The monoisotopic (exact) mass is 392 g/mol. The predicted octanol–water partition coefficient (Wildman–Crippen LogP) is 3.38. The molecule has 0 aliphatic carbocycles. The van der Waals surface area contributed by atoms with Gasteiger partial charge in [0, 0.05) is 31.1 Å². The molecule has 3 heterocycles. The number of hydrogen-bond acceptors (Lipinski definition) is 6. The molecule has 1 aromatic rings. The van der Waals surface area contributed by atoms with Gasteiger partial charge in [-0.1, -0.05) is 20.8 Å². The normalized spacial score (nSPS) is 24.6. The zero-order valence-corrected chi connectivity index (χ0v) is 17.0. The number of likely N-dealkylation sites (tertiary alicyclic amines) is 1. The number of rotatable bonds is 4. The lowest BCUT2D eigenvalue weighted by molar-refractivity contribution is -0.386. The molecule has 1 amide bonds. The van der Waals surface area contributed by atoms with E-state index in [0.29, 0.717) is 18.9 Å². The minimum Gasteiger partial charge on any atom is -0.470 e. The molecule has 0 saturated carbocycles. The van der Waals surface area contributed by atoms with Crippen molar-refractivity contribution in [3.05, 3.63) is 22.2 Å². The summed E-state index contributed by atoms with van der Waals surface area (Å²) in [6.07, 6.45) is -0.330. The first kappa shape index (κ1) is 20.2. The van der Waals surface area contributed by atoms with E-state index >= 15 is 0 Å². The molecular formula is C19H28N4O5. The van der Waals surface area contributed by atoms with Crippen LogP contribution in [-0.2, 0) is 0 Å². The number of fused-ring (bicyclic) bond motifs is 1. The van der Waals surface area contributed by atoms with Crippen LogP contribution in [0.2, 0.25) is 0 Å². The van der Waals surface area contributed by atoms with Crippen LogP contribution in [0.3, 0.4) is 0 Å².